The first-order chi connectivity index (χ1) is 24.8. The zero-order chi connectivity index (χ0) is 33.0. The Balaban J connectivity index is 1.05. The van der Waals surface area contributed by atoms with Gasteiger partial charge in [-0.1, -0.05) is 121 Å². The summed E-state index contributed by atoms with van der Waals surface area (Å²) in [6.45, 7) is 0. The van der Waals surface area contributed by atoms with Crippen molar-refractivity contribution in [2.45, 2.75) is 5.92 Å². The molecule has 0 bridgehead atoms. The van der Waals surface area contributed by atoms with E-state index in [1.165, 1.54) is 77.6 Å². The van der Waals surface area contributed by atoms with Gasteiger partial charge in [0.25, 0.3) is 0 Å². The molecule has 0 N–H and O–H groups in total. The van der Waals surface area contributed by atoms with E-state index in [-0.39, 0.29) is 5.92 Å². The van der Waals surface area contributed by atoms with Gasteiger partial charge in [0.1, 0.15) is 0 Å². The van der Waals surface area contributed by atoms with Crippen molar-refractivity contribution in [2.75, 3.05) is 0 Å². The maximum absolute atomic E-state index is 2.41. The lowest BCUT2D eigenvalue weighted by Gasteiger charge is -2.14. The summed E-state index contributed by atoms with van der Waals surface area (Å²) in [5.74, 6) is 0.203. The van der Waals surface area contributed by atoms with Gasteiger partial charge in [-0.2, -0.15) is 4.57 Å². The minimum atomic E-state index is 0.203. The Morgan fingerprint density at radius 2 is 1.00 bits per heavy atom. The normalized spacial score (nSPS) is 13.4. The van der Waals surface area contributed by atoms with Crippen LogP contribution in [0.25, 0.3) is 66.6 Å². The van der Waals surface area contributed by atoms with E-state index in [4.69, 9.17) is 0 Å². The Morgan fingerprint density at radius 3 is 1.82 bits per heavy atom. The monoisotopic (exact) mass is 637 g/mol. The van der Waals surface area contributed by atoms with Crippen LogP contribution in [-0.4, -0.2) is 4.57 Å². The van der Waals surface area contributed by atoms with Gasteiger partial charge in [0.15, 0.2) is 12.4 Å². The Kier molecular flexibility index (Phi) is 6.60. The fraction of sp³-hybridized carbons (Fsp3) is 0.0208. The minimum Gasteiger partial charge on any atom is -0.309 e. The summed E-state index contributed by atoms with van der Waals surface area (Å²) in [5.41, 5.74) is 16.4. The van der Waals surface area contributed by atoms with Gasteiger partial charge in [-0.25, -0.2) is 0 Å². The number of rotatable bonds is 5. The largest absolute Gasteiger partial charge is 0.309 e. The maximum Gasteiger partial charge on any atom is 0.210 e. The predicted octanol–water partition coefficient (Wildman–Crippen LogP) is 11.6. The molecule has 50 heavy (non-hydrogen) atoms. The molecule has 0 saturated heterocycles. The lowest BCUT2D eigenvalue weighted by atomic mass is 9.89. The topological polar surface area (TPSA) is 8.81 Å². The molecular weight excluding hydrogens is 605 g/mol. The SMILES string of the molecule is c1ccc(-c2ccc(-n3c4ccccc4c4cc(-c5ccc6c(c5)-c5ccccc5C6c5cc[n+](-c6ccccc6)cc5)ccc43)cc2)cc1. The lowest BCUT2D eigenvalue weighted by Crippen LogP contribution is -2.29. The number of hydrogen-bond donors (Lipinski definition) is 0. The van der Waals surface area contributed by atoms with Crippen LogP contribution in [0.2, 0.25) is 0 Å². The van der Waals surface area contributed by atoms with Crippen LogP contribution in [0.4, 0.5) is 0 Å². The zero-order valence-electron chi connectivity index (χ0n) is 27.4. The van der Waals surface area contributed by atoms with E-state index in [2.05, 4.69) is 204 Å². The Hall–Kier alpha value is -6.51. The van der Waals surface area contributed by atoms with Gasteiger partial charge in [-0.3, -0.25) is 0 Å². The second-order valence-corrected chi connectivity index (χ2v) is 13.2. The van der Waals surface area contributed by atoms with Crippen molar-refractivity contribution in [3.8, 4) is 44.8 Å². The standard InChI is InChI=1S/C48H33N2/c1-3-11-33(12-4-1)34-19-23-39(24-20-34)50-46-18-10-9-16-41(46)45-32-37(22-26-47(45)50)36-21-25-43-44(31-36)40-15-7-8-17-42(40)48(43)35-27-29-49(30-28-35)38-13-5-2-6-14-38/h1-32,48H/q+1. The van der Waals surface area contributed by atoms with Crippen molar-refractivity contribution in [3.05, 3.63) is 211 Å². The Labute approximate surface area is 291 Å². The molecular formula is C48H33N2+. The molecule has 0 fully saturated rings. The third-order valence-corrected chi connectivity index (χ3v) is 10.4. The molecule has 1 atom stereocenters. The molecule has 0 aliphatic heterocycles. The molecule has 2 heteroatoms. The van der Waals surface area contributed by atoms with Crippen LogP contribution in [-0.2, 0) is 0 Å². The summed E-state index contributed by atoms with van der Waals surface area (Å²) in [6, 6.07) is 66.3. The second kappa shape index (κ2) is 11.6. The van der Waals surface area contributed by atoms with Crippen molar-refractivity contribution >= 4 is 21.8 Å². The first kappa shape index (κ1) is 28.5. The van der Waals surface area contributed by atoms with Crippen molar-refractivity contribution in [3.63, 3.8) is 0 Å². The summed E-state index contributed by atoms with van der Waals surface area (Å²) >= 11 is 0. The molecule has 0 saturated carbocycles. The van der Waals surface area contributed by atoms with Crippen LogP contribution in [0.5, 0.6) is 0 Å². The summed E-state index contributed by atoms with van der Waals surface area (Å²) in [5, 5.41) is 2.53. The molecule has 2 heterocycles. The van der Waals surface area contributed by atoms with E-state index in [9.17, 15) is 0 Å². The molecule has 0 radical (unpaired) electrons. The molecule has 9 aromatic rings. The number of nitrogens with zero attached hydrogens (tertiary/aromatic N) is 2. The molecule has 1 aliphatic carbocycles. The van der Waals surface area contributed by atoms with Gasteiger partial charge in [0, 0.05) is 46.6 Å². The minimum absolute atomic E-state index is 0.203. The van der Waals surface area contributed by atoms with Gasteiger partial charge in [0.05, 0.1) is 11.0 Å². The van der Waals surface area contributed by atoms with Gasteiger partial charge in [-0.05, 0) is 86.5 Å². The first-order valence-electron chi connectivity index (χ1n) is 17.3. The van der Waals surface area contributed by atoms with Crippen LogP contribution < -0.4 is 4.57 Å². The summed E-state index contributed by atoms with van der Waals surface area (Å²) in [7, 11) is 0. The maximum atomic E-state index is 2.41. The highest BCUT2D eigenvalue weighted by Gasteiger charge is 2.30. The van der Waals surface area contributed by atoms with E-state index >= 15 is 0 Å². The number of fused-ring (bicyclic) bond motifs is 6. The highest BCUT2D eigenvalue weighted by Crippen LogP contribution is 2.49. The van der Waals surface area contributed by atoms with E-state index in [0.29, 0.717) is 0 Å². The van der Waals surface area contributed by atoms with Crippen LogP contribution in [0.15, 0.2) is 194 Å². The Bertz CT molecular complexity index is 2670. The second-order valence-electron chi connectivity index (χ2n) is 13.2. The highest BCUT2D eigenvalue weighted by atomic mass is 15.0. The summed E-state index contributed by atoms with van der Waals surface area (Å²) in [4.78, 5) is 0. The average molecular weight is 638 g/mol. The third kappa shape index (κ3) is 4.61. The van der Waals surface area contributed by atoms with Gasteiger partial charge in [-0.15, -0.1) is 0 Å². The molecule has 10 rings (SSSR count). The molecule has 0 spiro atoms. The summed E-state index contributed by atoms with van der Waals surface area (Å²) in [6.07, 6.45) is 4.37. The van der Waals surface area contributed by atoms with E-state index in [0.717, 1.165) is 5.69 Å². The van der Waals surface area contributed by atoms with Crippen LogP contribution in [0.3, 0.4) is 0 Å². The molecule has 2 aromatic heterocycles. The van der Waals surface area contributed by atoms with Gasteiger partial charge >= 0.3 is 0 Å². The van der Waals surface area contributed by atoms with E-state index < -0.39 is 0 Å². The number of pyridine rings is 1. The number of benzene rings is 7. The molecule has 234 valence electrons. The van der Waals surface area contributed by atoms with Gasteiger partial charge < -0.3 is 4.57 Å². The quantitative estimate of drug-likeness (QED) is 0.166. The number of hydrogen-bond acceptors (Lipinski definition) is 0. The van der Waals surface area contributed by atoms with Crippen molar-refractivity contribution < 1.29 is 4.57 Å². The van der Waals surface area contributed by atoms with Crippen molar-refractivity contribution in [1.29, 1.82) is 0 Å². The average Bonchev–Trinajstić information content (AvgIpc) is 3.71. The first-order valence-corrected chi connectivity index (χ1v) is 17.3. The molecule has 7 aromatic carbocycles. The van der Waals surface area contributed by atoms with Crippen molar-refractivity contribution in [2.24, 2.45) is 0 Å². The van der Waals surface area contributed by atoms with Crippen LogP contribution in [0, 0.1) is 0 Å². The third-order valence-electron chi connectivity index (χ3n) is 10.4. The van der Waals surface area contributed by atoms with Gasteiger partial charge in [0.2, 0.25) is 5.69 Å². The van der Waals surface area contributed by atoms with E-state index in [1.807, 2.05) is 0 Å². The van der Waals surface area contributed by atoms with Crippen LogP contribution in [0.1, 0.15) is 22.6 Å². The fourth-order valence-electron chi connectivity index (χ4n) is 8.01. The summed E-state index contributed by atoms with van der Waals surface area (Å²) < 4.78 is 4.58. The number of aromatic nitrogens is 2. The number of para-hydroxylation sites is 2. The van der Waals surface area contributed by atoms with Crippen molar-refractivity contribution in [1.82, 2.24) is 4.57 Å². The Morgan fingerprint density at radius 1 is 0.400 bits per heavy atom. The zero-order valence-corrected chi connectivity index (χ0v) is 27.4. The van der Waals surface area contributed by atoms with E-state index in [1.54, 1.807) is 0 Å². The molecule has 0 amide bonds. The predicted molar refractivity (Wildman–Crippen MR) is 206 cm³/mol. The van der Waals surface area contributed by atoms with Crippen LogP contribution >= 0.6 is 0 Å². The lowest BCUT2D eigenvalue weighted by molar-refractivity contribution is -0.595. The molecule has 1 aliphatic rings. The smallest absolute Gasteiger partial charge is 0.210 e. The fourth-order valence-corrected chi connectivity index (χ4v) is 8.01. The molecule has 2 nitrogen and oxygen atoms in total. The highest BCUT2D eigenvalue weighted by molar-refractivity contribution is 6.10. The molecule has 1 unspecified atom stereocenters.